The Balaban J connectivity index is 3.14. The molecule has 4 nitrogen and oxygen atoms in total. The molecule has 0 saturated carbocycles. The molecule has 4 heteroatoms. The van der Waals surface area contributed by atoms with Crippen molar-refractivity contribution in [2.45, 2.75) is 13.3 Å². The minimum Gasteiger partial charge on any atom is -0.478 e. The zero-order valence-corrected chi connectivity index (χ0v) is 9.10. The van der Waals surface area contributed by atoms with Crippen LogP contribution in [0.1, 0.15) is 27.9 Å². The van der Waals surface area contributed by atoms with Gasteiger partial charge in [-0.15, -0.1) is 0 Å². The number of anilines is 1. The molecule has 0 aromatic heterocycles. The fourth-order valence-corrected chi connectivity index (χ4v) is 1.43. The molecule has 0 heterocycles. The topological polar surface area (TPSA) is 83.5 Å². The van der Waals surface area contributed by atoms with Gasteiger partial charge in [-0.05, 0) is 36.6 Å². The number of carbonyl (C=O) groups is 1. The molecule has 86 valence electrons. The number of aliphatic hydroxyl groups is 1. The van der Waals surface area contributed by atoms with Crippen molar-refractivity contribution >= 4 is 17.7 Å². The second kappa shape index (κ2) is 5.32. The third kappa shape index (κ3) is 2.84. The number of carboxylic acids is 1. The molecule has 0 bridgehead atoms. The first-order valence-corrected chi connectivity index (χ1v) is 4.97. The number of aliphatic hydroxyl groups excluding tert-OH is 1. The van der Waals surface area contributed by atoms with Gasteiger partial charge in [-0.2, -0.15) is 0 Å². The van der Waals surface area contributed by atoms with Crippen molar-refractivity contribution in [3.8, 4) is 0 Å². The van der Waals surface area contributed by atoms with E-state index in [0.29, 0.717) is 12.0 Å². The molecule has 0 saturated heterocycles. The zero-order chi connectivity index (χ0) is 12.1. The lowest BCUT2D eigenvalue weighted by Gasteiger charge is -2.06. The van der Waals surface area contributed by atoms with E-state index in [1.165, 1.54) is 0 Å². The molecule has 0 unspecified atom stereocenters. The van der Waals surface area contributed by atoms with Crippen molar-refractivity contribution in [3.63, 3.8) is 0 Å². The van der Waals surface area contributed by atoms with Gasteiger partial charge in [0.25, 0.3) is 0 Å². The van der Waals surface area contributed by atoms with Crippen molar-refractivity contribution in [1.29, 1.82) is 0 Å². The number of nitrogen functional groups attached to an aromatic ring is 1. The van der Waals surface area contributed by atoms with Gasteiger partial charge in [0.2, 0.25) is 0 Å². The first-order chi connectivity index (χ1) is 7.56. The van der Waals surface area contributed by atoms with Crippen molar-refractivity contribution in [2.24, 2.45) is 0 Å². The third-order valence-corrected chi connectivity index (χ3v) is 2.18. The summed E-state index contributed by atoms with van der Waals surface area (Å²) in [5.41, 5.74) is 7.63. The van der Waals surface area contributed by atoms with Gasteiger partial charge in [0.05, 0.1) is 11.3 Å². The fraction of sp³-hybridized carbons (Fsp3) is 0.250. The van der Waals surface area contributed by atoms with Crippen LogP contribution in [0.2, 0.25) is 0 Å². The normalized spacial score (nSPS) is 10.9. The molecule has 0 aliphatic rings. The van der Waals surface area contributed by atoms with Crippen LogP contribution in [0.4, 0.5) is 5.69 Å². The molecular weight excluding hydrogens is 206 g/mol. The van der Waals surface area contributed by atoms with Gasteiger partial charge in [-0.25, -0.2) is 4.79 Å². The Morgan fingerprint density at radius 3 is 2.75 bits per heavy atom. The van der Waals surface area contributed by atoms with Crippen LogP contribution >= 0.6 is 0 Å². The van der Waals surface area contributed by atoms with E-state index in [1.54, 1.807) is 18.2 Å². The predicted molar refractivity (Wildman–Crippen MR) is 63.3 cm³/mol. The van der Waals surface area contributed by atoms with Gasteiger partial charge in [0.1, 0.15) is 0 Å². The lowest BCUT2D eigenvalue weighted by atomic mass is 10.0. The number of aryl methyl sites for hydroxylation is 1. The summed E-state index contributed by atoms with van der Waals surface area (Å²) in [6.07, 6.45) is 4.01. The summed E-state index contributed by atoms with van der Waals surface area (Å²) >= 11 is 0. The highest BCUT2D eigenvalue weighted by Gasteiger charge is 2.10. The van der Waals surface area contributed by atoms with E-state index in [2.05, 4.69) is 0 Å². The molecule has 0 atom stereocenters. The van der Waals surface area contributed by atoms with Gasteiger partial charge in [0.15, 0.2) is 0 Å². The Morgan fingerprint density at radius 2 is 2.19 bits per heavy atom. The third-order valence-electron chi connectivity index (χ3n) is 2.18. The Morgan fingerprint density at radius 1 is 1.50 bits per heavy atom. The fourth-order valence-electron chi connectivity index (χ4n) is 1.43. The highest BCUT2D eigenvalue weighted by Crippen LogP contribution is 2.21. The summed E-state index contributed by atoms with van der Waals surface area (Å²) in [7, 11) is 0. The zero-order valence-electron chi connectivity index (χ0n) is 9.10. The summed E-state index contributed by atoms with van der Waals surface area (Å²) < 4.78 is 0. The molecule has 0 fully saturated rings. The molecule has 1 rings (SSSR count). The number of nitrogens with two attached hydrogens (primary N) is 1. The molecule has 1 aromatic rings. The number of aromatic carboxylic acids is 1. The van der Waals surface area contributed by atoms with E-state index < -0.39 is 5.97 Å². The number of rotatable bonds is 4. The summed E-state index contributed by atoms with van der Waals surface area (Å²) in [4.78, 5) is 10.9. The van der Waals surface area contributed by atoms with Gasteiger partial charge in [-0.3, -0.25) is 0 Å². The predicted octanol–water partition coefficient (Wildman–Crippen LogP) is 1.67. The van der Waals surface area contributed by atoms with Gasteiger partial charge in [-0.1, -0.05) is 12.2 Å². The van der Waals surface area contributed by atoms with E-state index >= 15 is 0 Å². The summed E-state index contributed by atoms with van der Waals surface area (Å²) in [6, 6.07) is 3.36. The summed E-state index contributed by atoms with van der Waals surface area (Å²) in [6.45, 7) is 1.88. The van der Waals surface area contributed by atoms with Crippen LogP contribution in [0.5, 0.6) is 0 Å². The van der Waals surface area contributed by atoms with Crippen molar-refractivity contribution in [3.05, 3.63) is 34.9 Å². The first kappa shape index (κ1) is 12.3. The minimum absolute atomic E-state index is 0.0635. The van der Waals surface area contributed by atoms with Gasteiger partial charge in [0, 0.05) is 6.61 Å². The number of hydrogen-bond acceptors (Lipinski definition) is 3. The van der Waals surface area contributed by atoms with E-state index in [0.717, 1.165) is 5.56 Å². The Kier molecular flexibility index (Phi) is 4.08. The molecule has 0 amide bonds. The quantitative estimate of drug-likeness (QED) is 0.675. The van der Waals surface area contributed by atoms with Crippen LogP contribution in [0.3, 0.4) is 0 Å². The van der Waals surface area contributed by atoms with Crippen molar-refractivity contribution in [2.75, 3.05) is 12.3 Å². The molecule has 0 aliphatic carbocycles. The second-order valence-electron chi connectivity index (χ2n) is 3.54. The summed E-state index contributed by atoms with van der Waals surface area (Å²) in [5.74, 6) is -1.03. The Bertz CT molecular complexity index is 425. The minimum atomic E-state index is -1.03. The first-order valence-electron chi connectivity index (χ1n) is 4.97. The van der Waals surface area contributed by atoms with Gasteiger partial charge >= 0.3 is 5.97 Å². The Hall–Kier alpha value is -1.81. The highest BCUT2D eigenvalue weighted by atomic mass is 16.4. The lowest BCUT2D eigenvalue weighted by molar-refractivity contribution is 0.0698. The van der Waals surface area contributed by atoms with E-state index in [9.17, 15) is 4.79 Å². The van der Waals surface area contributed by atoms with Crippen molar-refractivity contribution in [1.82, 2.24) is 0 Å². The summed E-state index contributed by atoms with van der Waals surface area (Å²) in [5, 5.41) is 17.6. The molecule has 0 spiro atoms. The molecule has 0 aliphatic heterocycles. The van der Waals surface area contributed by atoms with Crippen LogP contribution in [-0.4, -0.2) is 22.8 Å². The molecule has 0 radical (unpaired) electrons. The second-order valence-corrected chi connectivity index (χ2v) is 3.54. The largest absolute Gasteiger partial charge is 0.478 e. The van der Waals surface area contributed by atoms with E-state index in [1.807, 2.05) is 13.0 Å². The van der Waals surface area contributed by atoms with Gasteiger partial charge < -0.3 is 15.9 Å². The standard InChI is InChI=1S/C12H15NO3/c1-8-6-9(4-2-3-5-14)11(13)10(7-8)12(15)16/h2,4,6-7,14H,3,5,13H2,1H3,(H,15,16). The monoisotopic (exact) mass is 221 g/mol. The van der Waals surface area contributed by atoms with Crippen LogP contribution in [0, 0.1) is 6.92 Å². The van der Waals surface area contributed by atoms with Crippen LogP contribution in [0.25, 0.3) is 6.08 Å². The maximum atomic E-state index is 10.9. The van der Waals surface area contributed by atoms with Crippen molar-refractivity contribution < 1.29 is 15.0 Å². The van der Waals surface area contributed by atoms with E-state index in [4.69, 9.17) is 15.9 Å². The number of carboxylic acid groups (broad SMARTS) is 1. The SMILES string of the molecule is Cc1cc(C=CCCO)c(N)c(C(=O)O)c1. The van der Waals surface area contributed by atoms with E-state index in [-0.39, 0.29) is 17.9 Å². The highest BCUT2D eigenvalue weighted by molar-refractivity contribution is 5.96. The maximum Gasteiger partial charge on any atom is 0.337 e. The number of benzene rings is 1. The maximum absolute atomic E-state index is 10.9. The molecular formula is C12H15NO3. The van der Waals surface area contributed by atoms with Crippen LogP contribution < -0.4 is 5.73 Å². The lowest BCUT2D eigenvalue weighted by Crippen LogP contribution is -2.04. The van der Waals surface area contributed by atoms with Crippen LogP contribution in [-0.2, 0) is 0 Å². The Labute approximate surface area is 94.0 Å². The van der Waals surface area contributed by atoms with Crippen LogP contribution in [0.15, 0.2) is 18.2 Å². The average molecular weight is 221 g/mol. The average Bonchev–Trinajstić information content (AvgIpc) is 2.22. The molecule has 4 N–H and O–H groups in total. The molecule has 1 aromatic carbocycles. The number of hydrogen-bond donors (Lipinski definition) is 3. The molecule has 16 heavy (non-hydrogen) atoms. The smallest absolute Gasteiger partial charge is 0.337 e.